The number of aliphatic imine (C=N–C) groups is 1. The van der Waals surface area contributed by atoms with E-state index in [1.807, 2.05) is 25.1 Å². The Morgan fingerprint density at radius 2 is 2.16 bits per heavy atom. The molecule has 3 heterocycles. The van der Waals surface area contributed by atoms with Crippen LogP contribution in [0.1, 0.15) is 18.1 Å². The fourth-order valence-electron chi connectivity index (χ4n) is 3.17. The molecule has 1 atom stereocenters. The molecule has 1 aromatic rings. The number of hydrogen-bond donors (Lipinski definition) is 0. The van der Waals surface area contributed by atoms with Crippen LogP contribution < -0.4 is 9.47 Å². The Morgan fingerprint density at radius 3 is 2.92 bits per heavy atom. The van der Waals surface area contributed by atoms with Gasteiger partial charge in [-0.05, 0) is 36.9 Å². The highest BCUT2D eigenvalue weighted by atomic mass is 32.2. The van der Waals surface area contributed by atoms with Gasteiger partial charge in [-0.3, -0.25) is 4.79 Å². The van der Waals surface area contributed by atoms with E-state index in [1.165, 1.54) is 11.8 Å². The molecule has 0 spiro atoms. The standard InChI is InChI=1S/C18H20N2O4S/c1-11-7-12-8-14(22-2)13(9-15(12)24-11)10-16-17(21)19-18(25-16)20-3-5-23-6-4-20/h8-11H,3-7H2,1-2H3. The Labute approximate surface area is 150 Å². The molecule has 0 N–H and O–H groups in total. The van der Waals surface area contributed by atoms with Crippen molar-refractivity contribution in [2.24, 2.45) is 4.99 Å². The molecular weight excluding hydrogens is 340 g/mol. The van der Waals surface area contributed by atoms with E-state index in [0.717, 1.165) is 47.3 Å². The van der Waals surface area contributed by atoms with Gasteiger partial charge in [0.1, 0.15) is 17.6 Å². The summed E-state index contributed by atoms with van der Waals surface area (Å²) in [5, 5.41) is 0.754. The van der Waals surface area contributed by atoms with Crippen LogP contribution in [0.2, 0.25) is 0 Å². The number of nitrogens with zero attached hydrogens (tertiary/aromatic N) is 2. The number of benzene rings is 1. The zero-order valence-corrected chi connectivity index (χ0v) is 15.1. The van der Waals surface area contributed by atoms with Crippen LogP contribution in [-0.2, 0) is 16.0 Å². The third-order valence-corrected chi connectivity index (χ3v) is 5.47. The van der Waals surface area contributed by atoms with Crippen LogP contribution in [0.5, 0.6) is 11.5 Å². The number of amidine groups is 1. The van der Waals surface area contributed by atoms with Gasteiger partial charge in [0.15, 0.2) is 5.17 Å². The first-order chi connectivity index (χ1) is 12.1. The van der Waals surface area contributed by atoms with Crippen molar-refractivity contribution in [1.82, 2.24) is 4.90 Å². The maximum atomic E-state index is 12.3. The van der Waals surface area contributed by atoms with Gasteiger partial charge in [0, 0.05) is 30.6 Å². The minimum Gasteiger partial charge on any atom is -0.496 e. The molecule has 1 amide bonds. The van der Waals surface area contributed by atoms with Crippen molar-refractivity contribution in [1.29, 1.82) is 0 Å². The van der Waals surface area contributed by atoms with E-state index in [0.29, 0.717) is 18.1 Å². The molecule has 0 radical (unpaired) electrons. The molecule has 0 aliphatic carbocycles. The van der Waals surface area contributed by atoms with Gasteiger partial charge in [0.2, 0.25) is 0 Å². The Hall–Kier alpha value is -1.99. The van der Waals surface area contributed by atoms with Gasteiger partial charge in [-0.25, -0.2) is 0 Å². The summed E-state index contributed by atoms with van der Waals surface area (Å²) in [5.41, 5.74) is 1.98. The number of methoxy groups -OCH3 is 1. The first-order valence-corrected chi connectivity index (χ1v) is 9.18. The van der Waals surface area contributed by atoms with E-state index >= 15 is 0 Å². The number of fused-ring (bicyclic) bond motifs is 1. The van der Waals surface area contributed by atoms with Crippen LogP contribution in [0.15, 0.2) is 22.0 Å². The molecule has 7 heteroatoms. The van der Waals surface area contributed by atoms with Gasteiger partial charge >= 0.3 is 0 Å². The molecule has 132 valence electrons. The van der Waals surface area contributed by atoms with Gasteiger partial charge < -0.3 is 19.1 Å². The molecule has 1 aromatic carbocycles. The van der Waals surface area contributed by atoms with E-state index in [4.69, 9.17) is 14.2 Å². The van der Waals surface area contributed by atoms with E-state index in [2.05, 4.69) is 9.89 Å². The van der Waals surface area contributed by atoms with Crippen molar-refractivity contribution in [3.8, 4) is 11.5 Å². The Kier molecular flexibility index (Phi) is 4.43. The van der Waals surface area contributed by atoms with E-state index in [-0.39, 0.29) is 12.0 Å². The minimum atomic E-state index is -0.205. The van der Waals surface area contributed by atoms with E-state index in [1.54, 1.807) is 7.11 Å². The van der Waals surface area contributed by atoms with Crippen molar-refractivity contribution < 1.29 is 19.0 Å². The van der Waals surface area contributed by atoms with Crippen LogP contribution in [-0.4, -0.2) is 55.5 Å². The maximum Gasteiger partial charge on any atom is 0.286 e. The van der Waals surface area contributed by atoms with Crippen LogP contribution in [0.25, 0.3) is 6.08 Å². The summed E-state index contributed by atoms with van der Waals surface area (Å²) in [4.78, 5) is 19.2. The average molecular weight is 360 g/mol. The SMILES string of the molecule is COc1cc2c(cc1C=C1SC(N3CCOCC3)=NC1=O)OC(C)C2. The fraction of sp³-hybridized carbons (Fsp3) is 0.444. The summed E-state index contributed by atoms with van der Waals surface area (Å²) in [7, 11) is 1.64. The van der Waals surface area contributed by atoms with E-state index < -0.39 is 0 Å². The minimum absolute atomic E-state index is 0.168. The van der Waals surface area contributed by atoms with Crippen molar-refractivity contribution in [2.45, 2.75) is 19.4 Å². The summed E-state index contributed by atoms with van der Waals surface area (Å²) in [5.74, 6) is 1.41. The van der Waals surface area contributed by atoms with Crippen molar-refractivity contribution in [3.63, 3.8) is 0 Å². The monoisotopic (exact) mass is 360 g/mol. The lowest BCUT2D eigenvalue weighted by molar-refractivity contribution is -0.113. The van der Waals surface area contributed by atoms with Crippen molar-refractivity contribution in [3.05, 3.63) is 28.2 Å². The van der Waals surface area contributed by atoms with Gasteiger partial charge in [0.05, 0.1) is 25.2 Å². The summed E-state index contributed by atoms with van der Waals surface area (Å²) in [6.45, 7) is 4.91. The summed E-state index contributed by atoms with van der Waals surface area (Å²) in [6, 6.07) is 3.95. The molecule has 25 heavy (non-hydrogen) atoms. The number of carbonyl (C=O) groups is 1. The summed E-state index contributed by atoms with van der Waals surface area (Å²) < 4.78 is 16.7. The molecule has 0 bridgehead atoms. The number of ether oxygens (including phenoxy) is 3. The zero-order valence-electron chi connectivity index (χ0n) is 14.3. The molecule has 1 unspecified atom stereocenters. The first-order valence-electron chi connectivity index (χ1n) is 8.37. The third kappa shape index (κ3) is 3.26. The second-order valence-corrected chi connectivity index (χ2v) is 7.25. The highest BCUT2D eigenvalue weighted by molar-refractivity contribution is 8.18. The molecular formula is C18H20N2O4S. The van der Waals surface area contributed by atoms with Crippen molar-refractivity contribution in [2.75, 3.05) is 33.4 Å². The highest BCUT2D eigenvalue weighted by Gasteiger charge is 2.28. The van der Waals surface area contributed by atoms with Crippen molar-refractivity contribution >= 4 is 28.9 Å². The average Bonchev–Trinajstić information content (AvgIpc) is 3.16. The van der Waals surface area contributed by atoms with Crippen LogP contribution >= 0.6 is 11.8 Å². The zero-order chi connectivity index (χ0) is 17.4. The second kappa shape index (κ2) is 6.72. The molecule has 3 aliphatic heterocycles. The lowest BCUT2D eigenvalue weighted by atomic mass is 10.1. The van der Waals surface area contributed by atoms with E-state index in [9.17, 15) is 4.79 Å². The number of rotatable bonds is 2. The van der Waals surface area contributed by atoms with Gasteiger partial charge in [-0.1, -0.05) is 0 Å². The Bertz CT molecular complexity index is 769. The lowest BCUT2D eigenvalue weighted by Gasteiger charge is -2.27. The number of morpholine rings is 1. The fourth-order valence-corrected chi connectivity index (χ4v) is 4.13. The van der Waals surface area contributed by atoms with Crippen LogP contribution in [0, 0.1) is 0 Å². The van der Waals surface area contributed by atoms with Crippen LogP contribution in [0.4, 0.5) is 0 Å². The molecule has 3 aliphatic rings. The smallest absolute Gasteiger partial charge is 0.286 e. The van der Waals surface area contributed by atoms with Crippen LogP contribution in [0.3, 0.4) is 0 Å². The summed E-state index contributed by atoms with van der Waals surface area (Å²) in [6.07, 6.45) is 2.89. The third-order valence-electron chi connectivity index (χ3n) is 4.43. The Balaban J connectivity index is 1.59. The normalized spacial score (nSPS) is 24.3. The topological polar surface area (TPSA) is 60.4 Å². The summed E-state index contributed by atoms with van der Waals surface area (Å²) >= 11 is 1.41. The quantitative estimate of drug-likeness (QED) is 0.755. The van der Waals surface area contributed by atoms with Gasteiger partial charge in [0.25, 0.3) is 5.91 Å². The number of carbonyl (C=O) groups excluding carboxylic acids is 1. The first kappa shape index (κ1) is 16.5. The number of thioether (sulfide) groups is 1. The largest absolute Gasteiger partial charge is 0.496 e. The molecule has 6 nitrogen and oxygen atoms in total. The molecule has 1 fully saturated rings. The Morgan fingerprint density at radius 1 is 1.36 bits per heavy atom. The number of amides is 1. The van der Waals surface area contributed by atoms with Gasteiger partial charge in [-0.15, -0.1) is 0 Å². The molecule has 0 aromatic heterocycles. The molecule has 4 rings (SSSR count). The molecule has 0 saturated carbocycles. The second-order valence-electron chi connectivity index (χ2n) is 6.24. The highest BCUT2D eigenvalue weighted by Crippen LogP contribution is 2.38. The predicted molar refractivity (Wildman–Crippen MR) is 97.2 cm³/mol. The predicted octanol–water partition coefficient (Wildman–Crippen LogP) is 2.32. The maximum absolute atomic E-state index is 12.3. The number of hydrogen-bond acceptors (Lipinski definition) is 6. The lowest BCUT2D eigenvalue weighted by Crippen LogP contribution is -2.38. The molecule has 1 saturated heterocycles. The van der Waals surface area contributed by atoms with Gasteiger partial charge in [-0.2, -0.15) is 4.99 Å².